The maximum atomic E-state index is 13.2. The number of nitrogens with one attached hydrogen (secondary N) is 5. The van der Waals surface area contributed by atoms with Gasteiger partial charge in [-0.1, -0.05) is 137 Å². The van der Waals surface area contributed by atoms with Crippen LogP contribution < -0.4 is 26.6 Å². The molecular weight excluding hydrogens is 1170 g/mol. The van der Waals surface area contributed by atoms with Crippen molar-refractivity contribution in [1.82, 2.24) is 25.8 Å². The van der Waals surface area contributed by atoms with E-state index in [-0.39, 0.29) is 57.3 Å². The number of esters is 2. The fourth-order valence-electron chi connectivity index (χ4n) is 9.29. The van der Waals surface area contributed by atoms with Crippen molar-refractivity contribution in [3.63, 3.8) is 0 Å². The second-order valence-corrected chi connectivity index (χ2v) is 22.1. The molecule has 15 nitrogen and oxygen atoms in total. The molecule has 2 saturated heterocycles. The van der Waals surface area contributed by atoms with E-state index < -0.39 is 47.7 Å². The van der Waals surface area contributed by atoms with Gasteiger partial charge in [-0.2, -0.15) is 0 Å². The Labute approximate surface area is 507 Å². The summed E-state index contributed by atoms with van der Waals surface area (Å²) >= 11 is 37.2. The highest BCUT2D eigenvalue weighted by Crippen LogP contribution is 2.28. The van der Waals surface area contributed by atoms with E-state index in [0.717, 1.165) is 63.2 Å². The van der Waals surface area contributed by atoms with Crippen molar-refractivity contribution in [3.05, 3.63) is 196 Å². The molecule has 0 aliphatic carbocycles. The third kappa shape index (κ3) is 18.4. The van der Waals surface area contributed by atoms with Crippen LogP contribution in [-0.2, 0) is 31.9 Å². The van der Waals surface area contributed by atoms with Gasteiger partial charge in [-0.3, -0.25) is 29.0 Å². The average molecular weight is 1230 g/mol. The third-order valence-corrected chi connectivity index (χ3v) is 15.6. The molecule has 432 valence electrons. The molecule has 6 aromatic rings. The van der Waals surface area contributed by atoms with E-state index in [4.69, 9.17) is 79.1 Å². The lowest BCUT2D eigenvalue weighted by molar-refractivity contribution is -0.147. The quantitative estimate of drug-likeness (QED) is 0.0458. The Morgan fingerprint density at radius 3 is 1.16 bits per heavy atom. The van der Waals surface area contributed by atoms with E-state index in [1.807, 2.05) is 0 Å². The van der Waals surface area contributed by atoms with Gasteiger partial charge in [0.1, 0.15) is 25.3 Å². The maximum Gasteiger partial charge on any atom is 0.329 e. The number of nitrogens with zero attached hydrogens (tertiary/aromatic N) is 2. The van der Waals surface area contributed by atoms with Crippen LogP contribution in [0.15, 0.2) is 121 Å². The molecule has 2 aliphatic rings. The van der Waals surface area contributed by atoms with E-state index in [1.54, 1.807) is 135 Å². The number of ether oxygens (including phenoxy) is 2. The molecule has 0 aromatic heterocycles. The predicted molar refractivity (Wildman–Crippen MR) is 326 cm³/mol. The van der Waals surface area contributed by atoms with Crippen molar-refractivity contribution in [1.29, 1.82) is 0 Å². The summed E-state index contributed by atoms with van der Waals surface area (Å²) in [6.45, 7) is 10.8. The average Bonchev–Trinajstić information content (AvgIpc) is 3.46. The van der Waals surface area contributed by atoms with Crippen molar-refractivity contribution in [3.8, 4) is 0 Å². The number of piperazine rings is 1. The zero-order valence-electron chi connectivity index (χ0n) is 45.2. The van der Waals surface area contributed by atoms with Crippen LogP contribution >= 0.6 is 69.6 Å². The van der Waals surface area contributed by atoms with Crippen molar-refractivity contribution in [2.24, 2.45) is 0 Å². The van der Waals surface area contributed by atoms with Crippen LogP contribution in [0.25, 0.3) is 0 Å². The molecule has 2 unspecified atom stereocenters. The Morgan fingerprint density at radius 2 is 0.793 bits per heavy atom. The molecule has 82 heavy (non-hydrogen) atoms. The van der Waals surface area contributed by atoms with Crippen molar-refractivity contribution < 1.29 is 38.2 Å². The number of amides is 4. The molecule has 4 amide bonds. The number of hydrogen-bond acceptors (Lipinski definition) is 11. The first-order valence-electron chi connectivity index (χ1n) is 26.7. The van der Waals surface area contributed by atoms with Gasteiger partial charge in [-0.15, -0.1) is 0 Å². The molecule has 6 aromatic carbocycles. The first-order valence-corrected chi connectivity index (χ1v) is 29.0. The topological polar surface area (TPSA) is 188 Å². The van der Waals surface area contributed by atoms with Crippen LogP contribution in [0.1, 0.15) is 82.9 Å². The lowest BCUT2D eigenvalue weighted by Gasteiger charge is -2.27. The van der Waals surface area contributed by atoms with Crippen molar-refractivity contribution in [2.45, 2.75) is 58.0 Å². The van der Waals surface area contributed by atoms with Gasteiger partial charge in [0.25, 0.3) is 23.6 Å². The van der Waals surface area contributed by atoms with Crippen molar-refractivity contribution >= 4 is 117 Å². The lowest BCUT2D eigenvalue weighted by Crippen LogP contribution is -2.46. The molecule has 2 atom stereocenters. The van der Waals surface area contributed by atoms with E-state index in [9.17, 15) is 28.8 Å². The normalized spacial score (nSPS) is 14.2. The van der Waals surface area contributed by atoms with Gasteiger partial charge in [0.2, 0.25) is 0 Å². The second-order valence-electron chi connectivity index (χ2n) is 19.6. The highest BCUT2D eigenvalue weighted by atomic mass is 35.5. The zero-order valence-corrected chi connectivity index (χ0v) is 49.8. The molecule has 2 heterocycles. The summed E-state index contributed by atoms with van der Waals surface area (Å²) in [7, 11) is 0. The molecule has 2 fully saturated rings. The van der Waals surface area contributed by atoms with Crippen LogP contribution in [0.5, 0.6) is 0 Å². The molecule has 0 spiro atoms. The molecule has 0 radical (unpaired) electrons. The van der Waals surface area contributed by atoms with E-state index >= 15 is 0 Å². The van der Waals surface area contributed by atoms with E-state index in [0.29, 0.717) is 56.8 Å². The molecule has 5 N–H and O–H groups in total. The molecule has 0 bridgehead atoms. The highest BCUT2D eigenvalue weighted by Gasteiger charge is 2.28. The summed E-state index contributed by atoms with van der Waals surface area (Å²) in [4.78, 5) is 82.7. The zero-order chi connectivity index (χ0) is 58.7. The summed E-state index contributed by atoms with van der Waals surface area (Å²) in [6, 6.07) is 32.0. The molecule has 8 rings (SSSR count). The minimum Gasteiger partial charge on any atom is -0.463 e. The number of hydrogen-bond donors (Lipinski definition) is 5. The smallest absolute Gasteiger partial charge is 0.329 e. The van der Waals surface area contributed by atoms with Crippen LogP contribution in [0.4, 0.5) is 11.4 Å². The largest absolute Gasteiger partial charge is 0.463 e. The minimum absolute atomic E-state index is 0.173. The Bertz CT molecular complexity index is 2920. The van der Waals surface area contributed by atoms with Crippen LogP contribution in [0.2, 0.25) is 30.1 Å². The summed E-state index contributed by atoms with van der Waals surface area (Å²) < 4.78 is 11.2. The summed E-state index contributed by atoms with van der Waals surface area (Å²) in [5, 5.41) is 16.1. The SMILES string of the molecule is Cc1cccc(Cl)c1C(=O)NC(Cc1ccc(NC(=O)c2c(Cl)cccc2Cl)cc1)C(=O)OCCN1CCCCC1.Cc1cccc(Cl)c1C(=O)NC(Cc1ccc(NC(=O)c2c(Cl)cccc2Cl)cc1)C(=O)OCCN1CCNCC1. The standard InChI is InChI=1S/C31H32Cl3N3O4.C30H31Cl3N4O4/c1-20-7-5-8-23(32)27(20)29(38)36-26(31(40)41-18-17-37-15-3-2-4-16-37)19-21-11-13-22(14-12-21)35-30(39)28-24(33)9-6-10-25(28)34;1-19-4-2-5-22(31)26(19)28(38)36-25(30(40)41-17-16-37-14-12-34-13-15-37)18-20-8-10-21(11-9-20)35-29(39)27-23(32)6-3-7-24(27)33/h5-14,26H,2-4,15-19H2,1H3,(H,35,39)(H,36,38);2-11,25,34H,12-18H2,1H3,(H,35,39)(H,36,38). The number of carbonyl (C=O) groups excluding carboxylic acids is 6. The van der Waals surface area contributed by atoms with Gasteiger partial charge in [0, 0.05) is 63.5 Å². The Hall–Kier alpha value is -6.24. The first kappa shape index (κ1) is 63.3. The van der Waals surface area contributed by atoms with Crippen LogP contribution in [0, 0.1) is 13.8 Å². The van der Waals surface area contributed by atoms with Gasteiger partial charge in [-0.05, 0) is 123 Å². The minimum atomic E-state index is -0.955. The Kier molecular flexibility index (Phi) is 24.3. The predicted octanol–water partition coefficient (Wildman–Crippen LogP) is 11.6. The molecule has 21 heteroatoms. The van der Waals surface area contributed by atoms with Crippen LogP contribution in [-0.4, -0.2) is 123 Å². The van der Waals surface area contributed by atoms with Gasteiger partial charge >= 0.3 is 11.9 Å². The fourth-order valence-corrected chi connectivity index (χ4v) is 11.0. The third-order valence-electron chi connectivity index (χ3n) is 13.7. The lowest BCUT2D eigenvalue weighted by atomic mass is 10.0. The Balaban J connectivity index is 0.000000236. The van der Waals surface area contributed by atoms with Gasteiger partial charge in [0.05, 0.1) is 52.4 Å². The van der Waals surface area contributed by atoms with E-state index in [1.165, 1.54) is 6.42 Å². The molecule has 0 saturated carbocycles. The summed E-state index contributed by atoms with van der Waals surface area (Å²) in [5.41, 5.74) is 4.93. The van der Waals surface area contributed by atoms with Crippen LogP contribution in [0.3, 0.4) is 0 Å². The second kappa shape index (κ2) is 31.4. The van der Waals surface area contributed by atoms with E-state index in [2.05, 4.69) is 36.4 Å². The number of piperidine rings is 1. The fraction of sp³-hybridized carbons (Fsp3) is 0.311. The number of benzene rings is 6. The summed E-state index contributed by atoms with van der Waals surface area (Å²) in [6.07, 6.45) is 3.87. The van der Waals surface area contributed by atoms with Gasteiger partial charge in [0.15, 0.2) is 0 Å². The van der Waals surface area contributed by atoms with Gasteiger partial charge in [-0.25, -0.2) is 9.59 Å². The number of rotatable bonds is 20. The van der Waals surface area contributed by atoms with Gasteiger partial charge < -0.3 is 36.1 Å². The monoisotopic (exact) mass is 1230 g/mol. The first-order chi connectivity index (χ1) is 39.4. The number of carbonyl (C=O) groups is 6. The number of halogens is 6. The number of aryl methyl sites for hydroxylation is 2. The summed E-state index contributed by atoms with van der Waals surface area (Å²) in [5.74, 6) is -2.86. The number of likely N-dealkylation sites (tertiary alicyclic amines) is 1. The Morgan fingerprint density at radius 1 is 0.451 bits per heavy atom. The maximum absolute atomic E-state index is 13.2. The molecular formula is C61H63Cl6N7O8. The number of anilines is 2. The molecule has 2 aliphatic heterocycles. The highest BCUT2D eigenvalue weighted by molar-refractivity contribution is 6.41. The van der Waals surface area contributed by atoms with Crippen molar-refractivity contribution in [2.75, 3.05) is 76.2 Å².